The minimum Gasteiger partial charge on any atom is -0.371 e. The Morgan fingerprint density at radius 1 is 1.29 bits per heavy atom. The topological polar surface area (TPSA) is 96.1 Å². The summed E-state index contributed by atoms with van der Waals surface area (Å²) in [5.74, 6) is 0. The van der Waals surface area contributed by atoms with Crippen LogP contribution >= 0.6 is 0 Å². The number of carbonyl (C=O) groups is 1. The predicted molar refractivity (Wildman–Crippen MR) is 92.0 cm³/mol. The lowest BCUT2D eigenvalue weighted by atomic mass is 10.0. The van der Waals surface area contributed by atoms with Gasteiger partial charge in [-0.3, -0.25) is 4.79 Å². The van der Waals surface area contributed by atoms with Crippen LogP contribution in [0, 0.1) is 0 Å². The van der Waals surface area contributed by atoms with Gasteiger partial charge < -0.3 is 15.4 Å². The Kier molecular flexibility index (Phi) is 5.99. The molecule has 1 fully saturated rings. The molecular formula is C17H28N4O3. The fourth-order valence-electron chi connectivity index (χ4n) is 3.12. The second kappa shape index (κ2) is 7.79. The summed E-state index contributed by atoms with van der Waals surface area (Å²) in [5.41, 5.74) is 2.01. The molecule has 2 rings (SSSR count). The van der Waals surface area contributed by atoms with Gasteiger partial charge in [-0.05, 0) is 45.1 Å². The third-order valence-corrected chi connectivity index (χ3v) is 4.44. The van der Waals surface area contributed by atoms with E-state index in [2.05, 4.69) is 34.7 Å². The van der Waals surface area contributed by atoms with Crippen LogP contribution < -0.4 is 16.2 Å². The van der Waals surface area contributed by atoms with E-state index in [1.165, 1.54) is 0 Å². The zero-order chi connectivity index (χ0) is 17.7. The van der Waals surface area contributed by atoms with Crippen LogP contribution in [-0.2, 0) is 24.1 Å². The van der Waals surface area contributed by atoms with Crippen molar-refractivity contribution in [2.45, 2.75) is 71.6 Å². The van der Waals surface area contributed by atoms with Crippen LogP contribution in [0.2, 0.25) is 0 Å². The van der Waals surface area contributed by atoms with Gasteiger partial charge in [0, 0.05) is 12.1 Å². The minimum absolute atomic E-state index is 0.0491. The number of hydrogen-bond donors (Lipinski definition) is 3. The van der Waals surface area contributed by atoms with Crippen molar-refractivity contribution in [3.05, 3.63) is 27.2 Å². The van der Waals surface area contributed by atoms with Crippen LogP contribution in [0.15, 0.2) is 4.79 Å². The van der Waals surface area contributed by atoms with E-state index in [4.69, 9.17) is 4.74 Å². The van der Waals surface area contributed by atoms with Crippen LogP contribution in [0.25, 0.3) is 0 Å². The number of carbonyl (C=O) groups excluding carboxylic acids is 1. The van der Waals surface area contributed by atoms with Gasteiger partial charge in [-0.15, -0.1) is 0 Å². The number of amides is 2. The molecule has 3 N–H and O–H groups in total. The van der Waals surface area contributed by atoms with E-state index in [-0.39, 0.29) is 29.8 Å². The molecule has 1 aromatic rings. The van der Waals surface area contributed by atoms with Crippen LogP contribution in [0.4, 0.5) is 4.79 Å². The number of rotatable bonds is 6. The highest BCUT2D eigenvalue weighted by Crippen LogP contribution is 2.28. The van der Waals surface area contributed by atoms with Crippen LogP contribution in [-0.4, -0.2) is 34.5 Å². The normalized spacial score (nSPS) is 19.2. The van der Waals surface area contributed by atoms with Crippen molar-refractivity contribution >= 4 is 6.03 Å². The van der Waals surface area contributed by atoms with Gasteiger partial charge in [0.25, 0.3) is 5.56 Å². The molecule has 1 saturated heterocycles. The van der Waals surface area contributed by atoms with Gasteiger partial charge in [0.05, 0.1) is 23.9 Å². The smallest absolute Gasteiger partial charge is 0.315 e. The first-order valence-corrected chi connectivity index (χ1v) is 8.65. The molecule has 1 aromatic heterocycles. The van der Waals surface area contributed by atoms with Gasteiger partial charge >= 0.3 is 6.03 Å². The van der Waals surface area contributed by atoms with Gasteiger partial charge in [0.2, 0.25) is 0 Å². The summed E-state index contributed by atoms with van der Waals surface area (Å²) in [7, 11) is 0. The lowest BCUT2D eigenvalue weighted by molar-refractivity contribution is -0.0131. The molecule has 2 heterocycles. The van der Waals surface area contributed by atoms with E-state index in [9.17, 15) is 9.59 Å². The molecule has 1 aliphatic heterocycles. The van der Waals surface area contributed by atoms with Crippen molar-refractivity contribution in [2.24, 2.45) is 0 Å². The highest BCUT2D eigenvalue weighted by Gasteiger charge is 2.31. The van der Waals surface area contributed by atoms with Crippen molar-refractivity contribution in [3.8, 4) is 0 Å². The standard InChI is InChI=1S/C17H28N4O3/c1-5-12-13(15(22)21-20-14(12)6-2)10-19-16(23)18-9-11-7-8-17(3,4)24-11/h11H,5-10H2,1-4H3,(H,21,22)(H2,18,19,23). The first-order chi connectivity index (χ1) is 11.4. The third-order valence-electron chi connectivity index (χ3n) is 4.44. The molecule has 7 heteroatoms. The summed E-state index contributed by atoms with van der Waals surface area (Å²) < 4.78 is 5.84. The summed E-state index contributed by atoms with van der Waals surface area (Å²) in [5, 5.41) is 12.2. The molecule has 134 valence electrons. The number of H-pyrrole nitrogens is 1. The summed E-state index contributed by atoms with van der Waals surface area (Å²) in [6, 6.07) is -0.292. The lowest BCUT2D eigenvalue weighted by Crippen LogP contribution is -2.41. The number of hydrogen-bond acceptors (Lipinski definition) is 4. The van der Waals surface area contributed by atoms with Gasteiger partial charge in [-0.1, -0.05) is 13.8 Å². The largest absolute Gasteiger partial charge is 0.371 e. The van der Waals surface area contributed by atoms with Crippen LogP contribution in [0.5, 0.6) is 0 Å². The predicted octanol–water partition coefficient (Wildman–Crippen LogP) is 1.65. The minimum atomic E-state index is -0.292. The Labute approximate surface area is 142 Å². The highest BCUT2D eigenvalue weighted by molar-refractivity contribution is 5.73. The fraction of sp³-hybridized carbons (Fsp3) is 0.706. The summed E-state index contributed by atoms with van der Waals surface area (Å²) in [6.45, 7) is 8.76. The number of aromatic nitrogens is 2. The molecule has 1 unspecified atom stereocenters. The maximum Gasteiger partial charge on any atom is 0.315 e. The Hall–Kier alpha value is -1.89. The molecular weight excluding hydrogens is 308 g/mol. The second-order valence-electron chi connectivity index (χ2n) is 6.77. The summed E-state index contributed by atoms with van der Waals surface area (Å²) in [4.78, 5) is 24.0. The third kappa shape index (κ3) is 4.56. The monoisotopic (exact) mass is 336 g/mol. The first-order valence-electron chi connectivity index (χ1n) is 8.65. The van der Waals surface area contributed by atoms with E-state index in [1.807, 2.05) is 13.8 Å². The molecule has 1 aliphatic rings. The van der Waals surface area contributed by atoms with E-state index in [1.54, 1.807) is 0 Å². The Balaban J connectivity index is 1.89. The molecule has 2 amide bonds. The molecule has 0 aliphatic carbocycles. The number of nitrogens with one attached hydrogen (secondary N) is 3. The summed E-state index contributed by atoms with van der Waals surface area (Å²) in [6.07, 6.45) is 3.44. The zero-order valence-electron chi connectivity index (χ0n) is 15.0. The molecule has 0 bridgehead atoms. The Bertz CT molecular complexity index is 639. The maximum absolute atomic E-state index is 12.0. The molecule has 7 nitrogen and oxygen atoms in total. The van der Waals surface area contributed by atoms with E-state index >= 15 is 0 Å². The van der Waals surface area contributed by atoms with E-state index in [0.29, 0.717) is 18.5 Å². The number of aromatic amines is 1. The number of urea groups is 1. The van der Waals surface area contributed by atoms with Gasteiger partial charge in [0.15, 0.2) is 0 Å². The van der Waals surface area contributed by atoms with E-state index < -0.39 is 0 Å². The van der Waals surface area contributed by atoms with E-state index in [0.717, 1.165) is 30.5 Å². The van der Waals surface area contributed by atoms with Crippen LogP contribution in [0.1, 0.15) is 57.4 Å². The number of aryl methyl sites for hydroxylation is 1. The van der Waals surface area contributed by atoms with Gasteiger partial charge in [-0.2, -0.15) is 5.10 Å². The quantitative estimate of drug-likeness (QED) is 0.736. The van der Waals surface area contributed by atoms with Crippen molar-refractivity contribution < 1.29 is 9.53 Å². The fourth-order valence-corrected chi connectivity index (χ4v) is 3.12. The van der Waals surface area contributed by atoms with Crippen LogP contribution in [0.3, 0.4) is 0 Å². The molecule has 24 heavy (non-hydrogen) atoms. The average Bonchev–Trinajstić information content (AvgIpc) is 2.90. The molecule has 1 atom stereocenters. The lowest BCUT2D eigenvalue weighted by Gasteiger charge is -2.19. The van der Waals surface area contributed by atoms with Crippen molar-refractivity contribution in [3.63, 3.8) is 0 Å². The van der Waals surface area contributed by atoms with Crippen molar-refractivity contribution in [1.82, 2.24) is 20.8 Å². The number of ether oxygens (including phenoxy) is 1. The Morgan fingerprint density at radius 2 is 2.04 bits per heavy atom. The highest BCUT2D eigenvalue weighted by atomic mass is 16.5. The van der Waals surface area contributed by atoms with Gasteiger partial charge in [-0.25, -0.2) is 9.89 Å². The second-order valence-corrected chi connectivity index (χ2v) is 6.77. The summed E-state index contributed by atoms with van der Waals surface area (Å²) >= 11 is 0. The Morgan fingerprint density at radius 3 is 2.62 bits per heavy atom. The first kappa shape index (κ1) is 18.4. The van der Waals surface area contributed by atoms with Gasteiger partial charge in [0.1, 0.15) is 0 Å². The molecule has 0 aromatic carbocycles. The number of nitrogens with zero attached hydrogens (tertiary/aromatic N) is 1. The molecule has 0 saturated carbocycles. The maximum atomic E-state index is 12.0. The average molecular weight is 336 g/mol. The molecule has 0 radical (unpaired) electrons. The van der Waals surface area contributed by atoms with Crippen molar-refractivity contribution in [1.29, 1.82) is 0 Å². The zero-order valence-corrected chi connectivity index (χ0v) is 15.0. The SMILES string of the molecule is CCc1n[nH]c(=O)c(CNC(=O)NCC2CCC(C)(C)O2)c1CC. The van der Waals surface area contributed by atoms with Crippen molar-refractivity contribution in [2.75, 3.05) is 6.54 Å². The molecule has 0 spiro atoms.